The van der Waals surface area contributed by atoms with Crippen molar-refractivity contribution in [1.29, 1.82) is 0 Å². The Morgan fingerprint density at radius 2 is 2.14 bits per heavy atom. The lowest BCUT2D eigenvalue weighted by Gasteiger charge is -2.21. The SMILES string of the molecule is CC(N)(C(=O)O)c1cc(O)ccc1Br. The van der Waals surface area contributed by atoms with Gasteiger partial charge < -0.3 is 15.9 Å². The van der Waals surface area contributed by atoms with Crippen LogP contribution in [0.3, 0.4) is 0 Å². The first-order valence-electron chi connectivity index (χ1n) is 3.87. The van der Waals surface area contributed by atoms with Crippen molar-refractivity contribution < 1.29 is 15.0 Å². The Morgan fingerprint density at radius 3 is 2.64 bits per heavy atom. The van der Waals surface area contributed by atoms with Gasteiger partial charge in [0.1, 0.15) is 11.3 Å². The third kappa shape index (κ3) is 1.88. The van der Waals surface area contributed by atoms with Crippen LogP contribution in [0.15, 0.2) is 22.7 Å². The summed E-state index contributed by atoms with van der Waals surface area (Å²) in [5, 5.41) is 18.1. The molecule has 0 saturated heterocycles. The normalized spacial score (nSPS) is 14.8. The molecular weight excluding hydrogens is 250 g/mol. The van der Waals surface area contributed by atoms with Gasteiger partial charge in [-0.1, -0.05) is 15.9 Å². The van der Waals surface area contributed by atoms with Crippen molar-refractivity contribution in [3.63, 3.8) is 0 Å². The quantitative estimate of drug-likeness (QED) is 0.750. The number of rotatable bonds is 2. The summed E-state index contributed by atoms with van der Waals surface area (Å²) in [6.45, 7) is 1.37. The first-order chi connectivity index (χ1) is 6.35. The first kappa shape index (κ1) is 11.0. The monoisotopic (exact) mass is 259 g/mol. The number of phenols is 1. The Morgan fingerprint density at radius 1 is 1.57 bits per heavy atom. The average Bonchev–Trinajstić information content (AvgIpc) is 2.08. The van der Waals surface area contributed by atoms with Gasteiger partial charge in [-0.05, 0) is 25.1 Å². The molecule has 0 spiro atoms. The van der Waals surface area contributed by atoms with Crippen LogP contribution in [0.5, 0.6) is 5.75 Å². The number of carbonyl (C=O) groups is 1. The van der Waals surface area contributed by atoms with Crippen LogP contribution in [0, 0.1) is 0 Å². The molecule has 0 heterocycles. The van der Waals surface area contributed by atoms with Crippen molar-refractivity contribution in [3.8, 4) is 5.75 Å². The maximum absolute atomic E-state index is 10.9. The van der Waals surface area contributed by atoms with Gasteiger partial charge in [-0.15, -0.1) is 0 Å². The average molecular weight is 260 g/mol. The van der Waals surface area contributed by atoms with Gasteiger partial charge in [0.05, 0.1) is 0 Å². The van der Waals surface area contributed by atoms with Gasteiger partial charge in [0, 0.05) is 10.0 Å². The molecule has 0 aromatic heterocycles. The van der Waals surface area contributed by atoms with Gasteiger partial charge in [0.15, 0.2) is 0 Å². The van der Waals surface area contributed by atoms with Crippen LogP contribution in [0.1, 0.15) is 12.5 Å². The number of hydrogen-bond donors (Lipinski definition) is 3. The van der Waals surface area contributed by atoms with E-state index in [1.165, 1.54) is 19.1 Å². The summed E-state index contributed by atoms with van der Waals surface area (Å²) in [6.07, 6.45) is 0. The van der Waals surface area contributed by atoms with Gasteiger partial charge >= 0.3 is 5.97 Å². The molecule has 1 unspecified atom stereocenters. The number of aromatic hydroxyl groups is 1. The number of carboxylic acid groups (broad SMARTS) is 1. The van der Waals surface area contributed by atoms with Crippen molar-refractivity contribution in [1.82, 2.24) is 0 Å². The zero-order valence-electron chi connectivity index (χ0n) is 7.49. The van der Waals surface area contributed by atoms with E-state index < -0.39 is 11.5 Å². The predicted molar refractivity (Wildman–Crippen MR) is 55.0 cm³/mol. The number of halogens is 1. The molecule has 0 radical (unpaired) electrons. The molecule has 0 bridgehead atoms. The lowest BCUT2D eigenvalue weighted by Crippen LogP contribution is -2.41. The maximum atomic E-state index is 10.9. The van der Waals surface area contributed by atoms with Crippen LogP contribution in [-0.2, 0) is 10.3 Å². The molecule has 1 atom stereocenters. The van der Waals surface area contributed by atoms with Crippen LogP contribution in [0.4, 0.5) is 0 Å². The highest BCUT2D eigenvalue weighted by molar-refractivity contribution is 9.10. The van der Waals surface area contributed by atoms with Gasteiger partial charge in [-0.3, -0.25) is 0 Å². The lowest BCUT2D eigenvalue weighted by atomic mass is 9.93. The topological polar surface area (TPSA) is 83.6 Å². The number of benzene rings is 1. The van der Waals surface area contributed by atoms with Crippen molar-refractivity contribution >= 4 is 21.9 Å². The summed E-state index contributed by atoms with van der Waals surface area (Å²) in [5.74, 6) is -1.16. The molecule has 76 valence electrons. The third-order valence-electron chi connectivity index (χ3n) is 1.95. The van der Waals surface area contributed by atoms with Crippen molar-refractivity contribution in [2.45, 2.75) is 12.5 Å². The molecule has 1 aromatic carbocycles. The Kier molecular flexibility index (Phi) is 2.82. The van der Waals surface area contributed by atoms with E-state index in [-0.39, 0.29) is 5.75 Å². The van der Waals surface area contributed by atoms with Crippen LogP contribution in [-0.4, -0.2) is 16.2 Å². The molecule has 5 heteroatoms. The molecule has 14 heavy (non-hydrogen) atoms. The molecular formula is C9H10BrNO3. The fourth-order valence-electron chi connectivity index (χ4n) is 1.03. The number of nitrogens with two attached hydrogens (primary N) is 1. The smallest absolute Gasteiger partial charge is 0.328 e. The second-order valence-electron chi connectivity index (χ2n) is 3.17. The molecule has 1 rings (SSSR count). The Hall–Kier alpha value is -1.07. The highest BCUT2D eigenvalue weighted by atomic mass is 79.9. The summed E-state index contributed by atoms with van der Waals surface area (Å²) in [6, 6.07) is 4.34. The Labute approximate surface area is 89.5 Å². The van der Waals surface area contributed by atoms with E-state index in [0.717, 1.165) is 0 Å². The van der Waals surface area contributed by atoms with E-state index in [1.807, 2.05) is 0 Å². The molecule has 0 fully saturated rings. The number of hydrogen-bond acceptors (Lipinski definition) is 3. The molecule has 0 aliphatic heterocycles. The van der Waals surface area contributed by atoms with Crippen molar-refractivity contribution in [3.05, 3.63) is 28.2 Å². The number of phenolic OH excluding ortho intramolecular Hbond substituents is 1. The third-order valence-corrected chi connectivity index (χ3v) is 2.65. The van der Waals surface area contributed by atoms with Crippen LogP contribution in [0.2, 0.25) is 0 Å². The predicted octanol–water partition coefficient (Wildman–Crippen LogP) is 1.41. The largest absolute Gasteiger partial charge is 0.508 e. The van der Waals surface area contributed by atoms with Crippen molar-refractivity contribution in [2.24, 2.45) is 5.73 Å². The van der Waals surface area contributed by atoms with Crippen LogP contribution < -0.4 is 5.73 Å². The van der Waals surface area contributed by atoms with E-state index >= 15 is 0 Å². The first-order valence-corrected chi connectivity index (χ1v) is 4.66. The molecule has 4 nitrogen and oxygen atoms in total. The molecule has 1 aromatic rings. The second kappa shape index (κ2) is 3.59. The Balaban J connectivity index is 3.31. The second-order valence-corrected chi connectivity index (χ2v) is 4.03. The maximum Gasteiger partial charge on any atom is 0.328 e. The fourth-order valence-corrected chi connectivity index (χ4v) is 1.68. The lowest BCUT2D eigenvalue weighted by molar-refractivity contribution is -0.143. The van der Waals surface area contributed by atoms with E-state index in [2.05, 4.69) is 15.9 Å². The minimum Gasteiger partial charge on any atom is -0.508 e. The van der Waals surface area contributed by atoms with Crippen molar-refractivity contribution in [2.75, 3.05) is 0 Å². The molecule has 0 saturated carbocycles. The summed E-state index contributed by atoms with van der Waals surface area (Å²) in [4.78, 5) is 10.9. The van der Waals surface area contributed by atoms with E-state index in [0.29, 0.717) is 10.0 Å². The summed E-state index contributed by atoms with van der Waals surface area (Å²) in [7, 11) is 0. The highest BCUT2D eigenvalue weighted by Crippen LogP contribution is 2.29. The minimum atomic E-state index is -1.52. The van der Waals surface area contributed by atoms with E-state index in [9.17, 15) is 9.90 Å². The Bertz CT molecular complexity index is 376. The number of carboxylic acids is 1. The molecule has 4 N–H and O–H groups in total. The summed E-state index contributed by atoms with van der Waals surface area (Å²) in [5.41, 5.74) is 4.43. The molecule has 0 amide bonds. The van der Waals surface area contributed by atoms with Crippen LogP contribution in [0.25, 0.3) is 0 Å². The van der Waals surface area contributed by atoms with Gasteiger partial charge in [0.25, 0.3) is 0 Å². The molecule has 0 aliphatic carbocycles. The van der Waals surface area contributed by atoms with E-state index in [1.54, 1.807) is 6.07 Å². The molecule has 0 aliphatic rings. The zero-order valence-corrected chi connectivity index (χ0v) is 9.08. The van der Waals surface area contributed by atoms with Gasteiger partial charge in [-0.25, -0.2) is 4.79 Å². The van der Waals surface area contributed by atoms with Crippen LogP contribution >= 0.6 is 15.9 Å². The van der Waals surface area contributed by atoms with Gasteiger partial charge in [0.2, 0.25) is 0 Å². The van der Waals surface area contributed by atoms with Gasteiger partial charge in [-0.2, -0.15) is 0 Å². The minimum absolute atomic E-state index is 0.0128. The zero-order chi connectivity index (χ0) is 10.9. The number of aliphatic carboxylic acids is 1. The summed E-state index contributed by atoms with van der Waals surface area (Å²) >= 11 is 3.18. The van der Waals surface area contributed by atoms with E-state index in [4.69, 9.17) is 10.8 Å². The fraction of sp³-hybridized carbons (Fsp3) is 0.222. The highest BCUT2D eigenvalue weighted by Gasteiger charge is 2.32. The summed E-state index contributed by atoms with van der Waals surface area (Å²) < 4.78 is 0.558. The standard InChI is InChI=1S/C9H10BrNO3/c1-9(11,8(13)14)6-4-5(12)2-3-7(6)10/h2-4,12H,11H2,1H3,(H,13,14).